The van der Waals surface area contributed by atoms with Crippen LogP contribution in [0.5, 0.6) is 0 Å². The summed E-state index contributed by atoms with van der Waals surface area (Å²) in [6.07, 6.45) is 3.27. The molecule has 0 aliphatic rings. The second-order valence-electron chi connectivity index (χ2n) is 4.64. The van der Waals surface area contributed by atoms with E-state index in [1.807, 2.05) is 11.4 Å². The normalized spacial score (nSPS) is 10.4. The maximum atomic E-state index is 11.8. The highest BCUT2D eigenvalue weighted by Crippen LogP contribution is 2.17. The standard InChI is InChI=1S/C14H18N4O2S2/c1-2-3-6-12-17-18-14(22-12)16-11(19)7-8-15-13(20)10-5-4-9-21-10/h4-5,9H,2-3,6-8H2,1H3,(H,15,20)(H,16,18,19). The second kappa shape index (κ2) is 8.60. The van der Waals surface area contributed by atoms with E-state index in [2.05, 4.69) is 27.8 Å². The lowest BCUT2D eigenvalue weighted by Gasteiger charge is -2.03. The van der Waals surface area contributed by atoms with E-state index in [0.29, 0.717) is 16.6 Å². The Balaban J connectivity index is 1.69. The number of carbonyl (C=O) groups is 2. The Hall–Kier alpha value is -1.80. The zero-order valence-corrected chi connectivity index (χ0v) is 13.9. The molecule has 2 N–H and O–H groups in total. The average Bonchev–Trinajstić information content (AvgIpc) is 3.16. The molecule has 0 radical (unpaired) electrons. The maximum Gasteiger partial charge on any atom is 0.261 e. The highest BCUT2D eigenvalue weighted by molar-refractivity contribution is 7.15. The van der Waals surface area contributed by atoms with Crippen LogP contribution in [0.25, 0.3) is 0 Å². The van der Waals surface area contributed by atoms with Gasteiger partial charge >= 0.3 is 0 Å². The lowest BCUT2D eigenvalue weighted by Crippen LogP contribution is -2.27. The molecule has 2 amide bonds. The Labute approximate surface area is 137 Å². The van der Waals surface area contributed by atoms with Gasteiger partial charge in [0, 0.05) is 19.4 Å². The summed E-state index contributed by atoms with van der Waals surface area (Å²) in [5.41, 5.74) is 0. The number of anilines is 1. The summed E-state index contributed by atoms with van der Waals surface area (Å²) in [6, 6.07) is 3.57. The van der Waals surface area contributed by atoms with Crippen molar-refractivity contribution in [2.75, 3.05) is 11.9 Å². The van der Waals surface area contributed by atoms with Crippen LogP contribution < -0.4 is 10.6 Å². The van der Waals surface area contributed by atoms with Crippen LogP contribution in [0.1, 0.15) is 40.9 Å². The third kappa shape index (κ3) is 5.19. The summed E-state index contributed by atoms with van der Waals surface area (Å²) in [5, 5.41) is 16.7. The number of hydrogen-bond donors (Lipinski definition) is 2. The molecule has 0 saturated heterocycles. The fraction of sp³-hybridized carbons (Fsp3) is 0.429. The van der Waals surface area contributed by atoms with Crippen molar-refractivity contribution < 1.29 is 9.59 Å². The molecule has 6 nitrogen and oxygen atoms in total. The Bertz CT molecular complexity index is 610. The van der Waals surface area contributed by atoms with Crippen molar-refractivity contribution in [3.05, 3.63) is 27.4 Å². The molecule has 2 aromatic heterocycles. The molecule has 2 rings (SSSR count). The SMILES string of the molecule is CCCCc1nnc(NC(=O)CCNC(=O)c2cccs2)s1. The molecular formula is C14H18N4O2S2. The Morgan fingerprint density at radius 1 is 1.32 bits per heavy atom. The summed E-state index contributed by atoms with van der Waals surface area (Å²) in [6.45, 7) is 2.41. The molecule has 0 aliphatic carbocycles. The Morgan fingerprint density at radius 3 is 2.91 bits per heavy atom. The van der Waals surface area contributed by atoms with Crippen LogP contribution >= 0.6 is 22.7 Å². The van der Waals surface area contributed by atoms with Crippen molar-refractivity contribution in [2.45, 2.75) is 32.6 Å². The van der Waals surface area contributed by atoms with Gasteiger partial charge in [-0.25, -0.2) is 0 Å². The molecule has 0 saturated carbocycles. The first-order valence-electron chi connectivity index (χ1n) is 7.13. The number of aryl methyl sites for hydroxylation is 1. The fourth-order valence-corrected chi connectivity index (χ4v) is 3.14. The first-order chi connectivity index (χ1) is 10.7. The number of rotatable bonds is 8. The van der Waals surface area contributed by atoms with Crippen molar-refractivity contribution in [2.24, 2.45) is 0 Å². The number of carbonyl (C=O) groups excluding carboxylic acids is 2. The van der Waals surface area contributed by atoms with Gasteiger partial charge in [-0.2, -0.15) is 0 Å². The van der Waals surface area contributed by atoms with Crippen molar-refractivity contribution in [1.82, 2.24) is 15.5 Å². The summed E-state index contributed by atoms with van der Waals surface area (Å²) >= 11 is 2.77. The van der Waals surface area contributed by atoms with E-state index in [1.165, 1.54) is 22.7 Å². The number of unbranched alkanes of at least 4 members (excludes halogenated alkanes) is 1. The summed E-state index contributed by atoms with van der Waals surface area (Å²) in [5.74, 6) is -0.328. The largest absolute Gasteiger partial charge is 0.351 e. The van der Waals surface area contributed by atoms with Crippen molar-refractivity contribution in [3.8, 4) is 0 Å². The van der Waals surface area contributed by atoms with Crippen molar-refractivity contribution in [3.63, 3.8) is 0 Å². The molecule has 0 bridgehead atoms. The minimum Gasteiger partial charge on any atom is -0.351 e. The van der Waals surface area contributed by atoms with E-state index in [1.54, 1.807) is 6.07 Å². The van der Waals surface area contributed by atoms with E-state index in [-0.39, 0.29) is 18.2 Å². The van der Waals surface area contributed by atoms with Crippen LogP contribution in [-0.2, 0) is 11.2 Å². The minimum absolute atomic E-state index is 0.152. The molecule has 0 fully saturated rings. The number of hydrogen-bond acceptors (Lipinski definition) is 6. The first kappa shape index (κ1) is 16.6. The van der Waals surface area contributed by atoms with E-state index in [9.17, 15) is 9.59 Å². The zero-order valence-electron chi connectivity index (χ0n) is 12.3. The van der Waals surface area contributed by atoms with Crippen LogP contribution in [-0.4, -0.2) is 28.6 Å². The first-order valence-corrected chi connectivity index (χ1v) is 8.82. The third-order valence-electron chi connectivity index (χ3n) is 2.84. The van der Waals surface area contributed by atoms with Crippen molar-refractivity contribution >= 4 is 39.6 Å². The summed E-state index contributed by atoms with van der Waals surface area (Å²) < 4.78 is 0. The van der Waals surface area contributed by atoms with Crippen LogP contribution in [0, 0.1) is 0 Å². The number of thiophene rings is 1. The predicted octanol–water partition coefficient (Wildman–Crippen LogP) is 2.70. The molecule has 2 aromatic rings. The monoisotopic (exact) mass is 338 g/mol. The number of nitrogens with one attached hydrogen (secondary N) is 2. The third-order valence-corrected chi connectivity index (χ3v) is 4.61. The van der Waals surface area contributed by atoms with Gasteiger partial charge in [-0.15, -0.1) is 21.5 Å². The van der Waals surface area contributed by atoms with Crippen LogP contribution in [0.4, 0.5) is 5.13 Å². The molecule has 8 heteroatoms. The van der Waals surface area contributed by atoms with Gasteiger partial charge in [0.05, 0.1) is 4.88 Å². The topological polar surface area (TPSA) is 84.0 Å². The second-order valence-corrected chi connectivity index (χ2v) is 6.65. The molecular weight excluding hydrogens is 320 g/mol. The molecule has 2 heterocycles. The van der Waals surface area contributed by atoms with E-state index in [4.69, 9.17) is 0 Å². The number of amides is 2. The Kier molecular flexibility index (Phi) is 6.47. The van der Waals surface area contributed by atoms with Gasteiger partial charge in [0.25, 0.3) is 5.91 Å². The molecule has 118 valence electrons. The van der Waals surface area contributed by atoms with Gasteiger partial charge in [0.2, 0.25) is 11.0 Å². The lowest BCUT2D eigenvalue weighted by molar-refractivity contribution is -0.116. The number of nitrogens with zero attached hydrogens (tertiary/aromatic N) is 2. The van der Waals surface area contributed by atoms with E-state index >= 15 is 0 Å². The number of aromatic nitrogens is 2. The van der Waals surface area contributed by atoms with Gasteiger partial charge in [-0.1, -0.05) is 30.7 Å². The summed E-state index contributed by atoms with van der Waals surface area (Å²) in [7, 11) is 0. The zero-order chi connectivity index (χ0) is 15.8. The van der Waals surface area contributed by atoms with Gasteiger partial charge in [-0.3, -0.25) is 9.59 Å². The van der Waals surface area contributed by atoms with Gasteiger partial charge in [-0.05, 0) is 17.9 Å². The molecule has 0 aliphatic heterocycles. The molecule has 0 atom stereocenters. The van der Waals surface area contributed by atoms with Crippen LogP contribution in [0.3, 0.4) is 0 Å². The molecule has 0 aromatic carbocycles. The van der Waals surface area contributed by atoms with Gasteiger partial charge in [0.15, 0.2) is 0 Å². The highest BCUT2D eigenvalue weighted by Gasteiger charge is 2.10. The quantitative estimate of drug-likeness (QED) is 0.775. The highest BCUT2D eigenvalue weighted by atomic mass is 32.1. The molecule has 0 spiro atoms. The summed E-state index contributed by atoms with van der Waals surface area (Å²) in [4.78, 5) is 24.1. The maximum absolute atomic E-state index is 11.8. The van der Waals surface area contributed by atoms with E-state index in [0.717, 1.165) is 24.3 Å². The average molecular weight is 338 g/mol. The van der Waals surface area contributed by atoms with Crippen LogP contribution in [0.2, 0.25) is 0 Å². The minimum atomic E-state index is -0.176. The predicted molar refractivity (Wildman–Crippen MR) is 88.4 cm³/mol. The lowest BCUT2D eigenvalue weighted by atomic mass is 10.3. The van der Waals surface area contributed by atoms with Gasteiger partial charge in [0.1, 0.15) is 5.01 Å². The molecule has 0 unspecified atom stereocenters. The Morgan fingerprint density at radius 2 is 2.18 bits per heavy atom. The van der Waals surface area contributed by atoms with Crippen molar-refractivity contribution in [1.29, 1.82) is 0 Å². The van der Waals surface area contributed by atoms with Gasteiger partial charge < -0.3 is 10.6 Å². The van der Waals surface area contributed by atoms with Crippen LogP contribution in [0.15, 0.2) is 17.5 Å². The molecule has 22 heavy (non-hydrogen) atoms. The smallest absolute Gasteiger partial charge is 0.261 e. The van der Waals surface area contributed by atoms with E-state index < -0.39 is 0 Å². The fourth-order valence-electron chi connectivity index (χ4n) is 1.70.